The largest absolute Gasteiger partial charge is 0.478 e. The van der Waals surface area contributed by atoms with Crippen LogP contribution in [0.2, 0.25) is 0 Å². The topological polar surface area (TPSA) is 110 Å². The van der Waals surface area contributed by atoms with E-state index in [1.165, 1.54) is 18.5 Å². The number of hydrogen-bond acceptors (Lipinski definition) is 5. The first-order valence-electron chi connectivity index (χ1n) is 7.46. The van der Waals surface area contributed by atoms with Gasteiger partial charge in [-0.25, -0.2) is 14.8 Å². The molecule has 8 heteroatoms. The highest BCUT2D eigenvalue weighted by Crippen LogP contribution is 2.22. The van der Waals surface area contributed by atoms with E-state index in [1.807, 2.05) is 0 Å². The van der Waals surface area contributed by atoms with Gasteiger partial charge in [0.25, 0.3) is 5.91 Å². The number of nitrogens with zero attached hydrogens (tertiary/aromatic N) is 4. The van der Waals surface area contributed by atoms with Crippen molar-refractivity contribution >= 4 is 11.9 Å². The first-order chi connectivity index (χ1) is 12.0. The lowest BCUT2D eigenvalue weighted by Gasteiger charge is -2.07. The number of carboxylic acids is 1. The Morgan fingerprint density at radius 3 is 2.52 bits per heavy atom. The number of benzene rings is 1. The van der Waals surface area contributed by atoms with Crippen LogP contribution in [0.1, 0.15) is 26.7 Å². The summed E-state index contributed by atoms with van der Waals surface area (Å²) in [5, 5.41) is 15.9. The van der Waals surface area contributed by atoms with Crippen molar-refractivity contribution in [2.24, 2.45) is 7.05 Å². The molecule has 2 aromatic heterocycles. The van der Waals surface area contributed by atoms with E-state index in [1.54, 1.807) is 42.2 Å². The van der Waals surface area contributed by atoms with Gasteiger partial charge in [-0.2, -0.15) is 5.10 Å². The summed E-state index contributed by atoms with van der Waals surface area (Å²) in [6, 6.07) is 8.25. The van der Waals surface area contributed by atoms with Crippen LogP contribution in [0.3, 0.4) is 0 Å². The fraction of sp³-hybridized carbons (Fsp3) is 0.118. The molecule has 0 aliphatic rings. The second-order valence-corrected chi connectivity index (χ2v) is 5.30. The molecule has 0 atom stereocenters. The van der Waals surface area contributed by atoms with E-state index in [0.717, 1.165) is 0 Å². The van der Waals surface area contributed by atoms with Crippen molar-refractivity contribution in [3.8, 4) is 11.1 Å². The summed E-state index contributed by atoms with van der Waals surface area (Å²) in [6.07, 6.45) is 4.76. The lowest BCUT2D eigenvalue weighted by molar-refractivity contribution is 0.0697. The summed E-state index contributed by atoms with van der Waals surface area (Å²) in [5.41, 5.74) is 1.63. The third kappa shape index (κ3) is 3.69. The normalized spacial score (nSPS) is 10.4. The van der Waals surface area contributed by atoms with E-state index in [4.69, 9.17) is 0 Å². The van der Waals surface area contributed by atoms with Crippen molar-refractivity contribution in [3.63, 3.8) is 0 Å². The quantitative estimate of drug-likeness (QED) is 0.730. The average Bonchev–Trinajstić information content (AvgIpc) is 3.06. The second kappa shape index (κ2) is 6.91. The third-order valence-electron chi connectivity index (χ3n) is 3.53. The van der Waals surface area contributed by atoms with Crippen LogP contribution >= 0.6 is 0 Å². The minimum Gasteiger partial charge on any atom is -0.478 e. The van der Waals surface area contributed by atoms with E-state index in [0.29, 0.717) is 22.6 Å². The summed E-state index contributed by atoms with van der Waals surface area (Å²) in [7, 11) is 1.73. The van der Waals surface area contributed by atoms with E-state index < -0.39 is 5.97 Å². The molecule has 3 rings (SSSR count). The molecule has 0 bridgehead atoms. The summed E-state index contributed by atoms with van der Waals surface area (Å²) in [6.45, 7) is 0.149. The first kappa shape index (κ1) is 16.3. The maximum absolute atomic E-state index is 11.9. The van der Waals surface area contributed by atoms with Gasteiger partial charge in [0.05, 0.1) is 12.1 Å². The molecule has 1 aromatic carbocycles. The predicted octanol–water partition coefficient (Wildman–Crippen LogP) is 1.51. The van der Waals surface area contributed by atoms with Gasteiger partial charge in [0.2, 0.25) is 0 Å². The standard InChI is InChI=1S/C17H15N5O3/c1-22-7-6-14(21-22)16(23)20-10-15-18-8-11(9-19-15)12-4-2-3-5-13(12)17(24)25/h2-9H,10H2,1H3,(H,20,23)(H,24,25). The smallest absolute Gasteiger partial charge is 0.336 e. The second-order valence-electron chi connectivity index (χ2n) is 5.30. The van der Waals surface area contributed by atoms with Crippen LogP contribution in [-0.2, 0) is 13.6 Å². The number of aromatic carboxylic acids is 1. The highest BCUT2D eigenvalue weighted by molar-refractivity contribution is 5.95. The molecule has 0 radical (unpaired) electrons. The summed E-state index contributed by atoms with van der Waals surface area (Å²) in [4.78, 5) is 31.6. The highest BCUT2D eigenvalue weighted by Gasteiger charge is 2.12. The van der Waals surface area contributed by atoms with Crippen LogP contribution in [0, 0.1) is 0 Å². The molecule has 126 valence electrons. The van der Waals surface area contributed by atoms with Crippen molar-refractivity contribution in [3.05, 3.63) is 66.0 Å². The maximum atomic E-state index is 11.9. The summed E-state index contributed by atoms with van der Waals surface area (Å²) < 4.78 is 1.54. The van der Waals surface area contributed by atoms with Crippen molar-refractivity contribution in [1.82, 2.24) is 25.1 Å². The number of carbonyl (C=O) groups is 2. The first-order valence-corrected chi connectivity index (χ1v) is 7.46. The van der Waals surface area contributed by atoms with E-state index in [-0.39, 0.29) is 18.0 Å². The van der Waals surface area contributed by atoms with Gasteiger partial charge in [0, 0.05) is 31.2 Å². The Kier molecular flexibility index (Phi) is 4.51. The van der Waals surface area contributed by atoms with Gasteiger partial charge in [-0.15, -0.1) is 0 Å². The Balaban J connectivity index is 1.71. The van der Waals surface area contributed by atoms with Gasteiger partial charge in [-0.1, -0.05) is 18.2 Å². The number of carbonyl (C=O) groups excluding carboxylic acids is 1. The highest BCUT2D eigenvalue weighted by atomic mass is 16.4. The number of hydrogen-bond donors (Lipinski definition) is 2. The third-order valence-corrected chi connectivity index (χ3v) is 3.53. The molecule has 0 saturated carbocycles. The zero-order valence-corrected chi connectivity index (χ0v) is 13.4. The zero-order chi connectivity index (χ0) is 17.8. The van der Waals surface area contributed by atoms with Crippen LogP contribution in [0.5, 0.6) is 0 Å². The predicted molar refractivity (Wildman–Crippen MR) is 88.8 cm³/mol. The number of aromatic nitrogens is 4. The monoisotopic (exact) mass is 337 g/mol. The number of nitrogens with one attached hydrogen (secondary N) is 1. The van der Waals surface area contributed by atoms with Gasteiger partial charge in [0.15, 0.2) is 0 Å². The van der Waals surface area contributed by atoms with Crippen LogP contribution in [0.4, 0.5) is 0 Å². The number of rotatable bonds is 5. The maximum Gasteiger partial charge on any atom is 0.336 e. The molecule has 1 amide bonds. The molecule has 3 aromatic rings. The van der Waals surface area contributed by atoms with Crippen molar-refractivity contribution in [2.75, 3.05) is 0 Å². The Labute approximate surface area is 143 Å². The molecule has 0 unspecified atom stereocenters. The Morgan fingerprint density at radius 2 is 1.88 bits per heavy atom. The van der Waals surface area contributed by atoms with Crippen molar-refractivity contribution < 1.29 is 14.7 Å². The van der Waals surface area contributed by atoms with Gasteiger partial charge < -0.3 is 10.4 Å². The van der Waals surface area contributed by atoms with Gasteiger partial charge in [0.1, 0.15) is 11.5 Å². The van der Waals surface area contributed by atoms with Crippen molar-refractivity contribution in [1.29, 1.82) is 0 Å². The van der Waals surface area contributed by atoms with Crippen LogP contribution in [-0.4, -0.2) is 36.7 Å². The van der Waals surface area contributed by atoms with Crippen LogP contribution < -0.4 is 5.32 Å². The van der Waals surface area contributed by atoms with Crippen LogP contribution in [0.25, 0.3) is 11.1 Å². The Morgan fingerprint density at radius 1 is 1.16 bits per heavy atom. The number of amides is 1. The molecule has 2 N–H and O–H groups in total. The fourth-order valence-corrected chi connectivity index (χ4v) is 2.29. The molecular weight excluding hydrogens is 322 g/mol. The van der Waals surface area contributed by atoms with Gasteiger partial charge in [-0.05, 0) is 17.7 Å². The molecule has 0 spiro atoms. The fourth-order valence-electron chi connectivity index (χ4n) is 2.29. The minimum absolute atomic E-state index is 0.149. The minimum atomic E-state index is -1.01. The lowest BCUT2D eigenvalue weighted by atomic mass is 10.0. The van der Waals surface area contributed by atoms with Gasteiger partial charge >= 0.3 is 5.97 Å². The van der Waals surface area contributed by atoms with E-state index >= 15 is 0 Å². The molecule has 0 aliphatic carbocycles. The SMILES string of the molecule is Cn1ccc(C(=O)NCc2ncc(-c3ccccc3C(=O)O)cn2)n1. The molecule has 0 aliphatic heterocycles. The molecule has 0 saturated heterocycles. The molecule has 25 heavy (non-hydrogen) atoms. The van der Waals surface area contributed by atoms with Crippen molar-refractivity contribution in [2.45, 2.75) is 6.54 Å². The molecular formula is C17H15N5O3. The molecule has 0 fully saturated rings. The molecule has 8 nitrogen and oxygen atoms in total. The van der Waals surface area contributed by atoms with E-state index in [9.17, 15) is 14.7 Å². The van der Waals surface area contributed by atoms with Gasteiger partial charge in [-0.3, -0.25) is 9.48 Å². The Bertz CT molecular complexity index is 918. The number of aryl methyl sites for hydroxylation is 1. The average molecular weight is 337 g/mol. The molecule has 2 heterocycles. The lowest BCUT2D eigenvalue weighted by Crippen LogP contribution is -2.24. The summed E-state index contributed by atoms with van der Waals surface area (Å²) >= 11 is 0. The van der Waals surface area contributed by atoms with Crippen LogP contribution in [0.15, 0.2) is 48.9 Å². The van der Waals surface area contributed by atoms with E-state index in [2.05, 4.69) is 20.4 Å². The Hall–Kier alpha value is -3.55. The summed E-state index contributed by atoms with van der Waals surface area (Å²) in [5.74, 6) is -0.910. The number of carboxylic acid groups (broad SMARTS) is 1. The zero-order valence-electron chi connectivity index (χ0n) is 13.4.